The van der Waals surface area contributed by atoms with Crippen LogP contribution in [0, 0.1) is 0 Å². The second kappa shape index (κ2) is 4.84. The van der Waals surface area contributed by atoms with Gasteiger partial charge in [-0.3, -0.25) is 0 Å². The first kappa shape index (κ1) is 7.69. The molecule has 2 nitrogen and oxygen atoms in total. The maximum atomic E-state index is 4.99. The predicted molar refractivity (Wildman–Crippen MR) is 38.7 cm³/mol. The van der Waals surface area contributed by atoms with E-state index in [9.17, 15) is 0 Å². The Bertz CT molecular complexity index is 63.4. The zero-order valence-corrected chi connectivity index (χ0v) is 6.71. The molecule has 0 saturated carbocycles. The van der Waals surface area contributed by atoms with Crippen molar-refractivity contribution in [3.63, 3.8) is 0 Å². The van der Waals surface area contributed by atoms with Crippen LogP contribution in [0.15, 0.2) is 5.16 Å². The third-order valence-electron chi connectivity index (χ3n) is 1.13. The minimum atomic E-state index is -0.921. The van der Waals surface area contributed by atoms with Crippen LogP contribution in [0.25, 0.3) is 0 Å². The third kappa shape index (κ3) is 2.79. The third-order valence-corrected chi connectivity index (χ3v) is 3.40. The molecule has 48 valence electrons. The van der Waals surface area contributed by atoms with Gasteiger partial charge in [0.2, 0.25) is 0 Å². The van der Waals surface area contributed by atoms with Crippen LogP contribution in [-0.2, 0) is 4.53 Å². The molecule has 0 aromatic heterocycles. The number of oxime groups is 1. The van der Waals surface area contributed by atoms with E-state index in [1.807, 2.05) is 0 Å². The number of rotatable bonds is 4. The molecule has 0 heterocycles. The predicted octanol–water partition coefficient (Wildman–Crippen LogP) is 1.38. The van der Waals surface area contributed by atoms with E-state index in [2.05, 4.69) is 25.7 Å². The summed E-state index contributed by atoms with van der Waals surface area (Å²) in [6.07, 6.45) is 0. The van der Waals surface area contributed by atoms with E-state index in [1.165, 1.54) is 0 Å². The lowest BCUT2D eigenvalue weighted by Crippen LogP contribution is -2.10. The molecular formula is C5H13NOSi. The topological polar surface area (TPSA) is 21.6 Å². The van der Waals surface area contributed by atoms with Gasteiger partial charge in [0.05, 0.1) is 0 Å². The molecule has 8 heavy (non-hydrogen) atoms. The summed E-state index contributed by atoms with van der Waals surface area (Å²) in [6.45, 7) is 7.52. The molecule has 0 unspecified atom stereocenters. The normalized spacial score (nSPS) is 9.38. The van der Waals surface area contributed by atoms with E-state index in [-0.39, 0.29) is 0 Å². The van der Waals surface area contributed by atoms with Gasteiger partial charge in [0.25, 0.3) is 9.04 Å². The van der Waals surface area contributed by atoms with Gasteiger partial charge in [0, 0.05) is 6.72 Å². The fourth-order valence-electron chi connectivity index (χ4n) is 0.543. The van der Waals surface area contributed by atoms with Gasteiger partial charge in [-0.1, -0.05) is 13.8 Å². The first-order chi connectivity index (χ1) is 3.85. The summed E-state index contributed by atoms with van der Waals surface area (Å²) in [4.78, 5) is 0. The summed E-state index contributed by atoms with van der Waals surface area (Å²) < 4.78 is 4.99. The summed E-state index contributed by atoms with van der Waals surface area (Å²) in [5, 5.41) is 3.39. The Labute approximate surface area is 52.3 Å². The summed E-state index contributed by atoms with van der Waals surface area (Å²) in [7, 11) is -0.921. The molecule has 0 rings (SSSR count). The van der Waals surface area contributed by atoms with Crippen LogP contribution in [0.1, 0.15) is 13.8 Å². The van der Waals surface area contributed by atoms with Crippen molar-refractivity contribution in [2.75, 3.05) is 0 Å². The smallest absolute Gasteiger partial charge is 0.272 e. The lowest BCUT2D eigenvalue weighted by molar-refractivity contribution is 0.348. The molecule has 0 bridgehead atoms. The van der Waals surface area contributed by atoms with Gasteiger partial charge in [-0.2, -0.15) is 0 Å². The summed E-state index contributed by atoms with van der Waals surface area (Å²) in [5.74, 6) is 0. The van der Waals surface area contributed by atoms with Crippen LogP contribution in [0.4, 0.5) is 0 Å². The van der Waals surface area contributed by atoms with Crippen molar-refractivity contribution in [2.45, 2.75) is 25.9 Å². The van der Waals surface area contributed by atoms with Gasteiger partial charge in [0.15, 0.2) is 0 Å². The highest BCUT2D eigenvalue weighted by Crippen LogP contribution is 1.98. The van der Waals surface area contributed by atoms with E-state index >= 15 is 0 Å². The molecule has 0 aromatic carbocycles. The number of nitrogens with zero attached hydrogens (tertiary/aromatic N) is 1. The van der Waals surface area contributed by atoms with Crippen molar-refractivity contribution in [3.05, 3.63) is 0 Å². The average Bonchev–Trinajstić information content (AvgIpc) is 1.83. The molecule has 0 aliphatic carbocycles. The molecule has 0 aliphatic rings. The SMILES string of the molecule is C=NO[SiH](CC)CC. The largest absolute Gasteiger partial charge is 0.459 e. The molecule has 0 N–H and O–H groups in total. The highest BCUT2D eigenvalue weighted by Gasteiger charge is 2.04. The lowest BCUT2D eigenvalue weighted by atomic mass is 11.0. The van der Waals surface area contributed by atoms with Crippen LogP contribution in [0.2, 0.25) is 12.1 Å². The molecule has 0 fully saturated rings. The Morgan fingerprint density at radius 2 is 2.00 bits per heavy atom. The molecule has 0 spiro atoms. The van der Waals surface area contributed by atoms with Crippen molar-refractivity contribution in [2.24, 2.45) is 5.16 Å². The van der Waals surface area contributed by atoms with Crippen molar-refractivity contribution in [3.8, 4) is 0 Å². The van der Waals surface area contributed by atoms with E-state index in [0.717, 1.165) is 12.1 Å². The van der Waals surface area contributed by atoms with E-state index in [0.29, 0.717) is 0 Å². The van der Waals surface area contributed by atoms with Crippen molar-refractivity contribution >= 4 is 15.8 Å². The zero-order valence-electron chi connectivity index (χ0n) is 5.55. The Morgan fingerprint density at radius 1 is 1.50 bits per heavy atom. The van der Waals surface area contributed by atoms with Crippen molar-refractivity contribution in [1.82, 2.24) is 0 Å². The van der Waals surface area contributed by atoms with E-state index < -0.39 is 9.04 Å². The average molecular weight is 131 g/mol. The van der Waals surface area contributed by atoms with Crippen LogP contribution in [0.5, 0.6) is 0 Å². The fraction of sp³-hybridized carbons (Fsp3) is 0.800. The quantitative estimate of drug-likeness (QED) is 0.321. The van der Waals surface area contributed by atoms with Crippen LogP contribution in [-0.4, -0.2) is 15.8 Å². The minimum absolute atomic E-state index is 0.921. The monoisotopic (exact) mass is 131 g/mol. The summed E-state index contributed by atoms with van der Waals surface area (Å²) >= 11 is 0. The van der Waals surface area contributed by atoms with Gasteiger partial charge in [-0.05, 0) is 12.1 Å². The Hall–Kier alpha value is -0.313. The molecule has 0 aliphatic heterocycles. The van der Waals surface area contributed by atoms with E-state index in [4.69, 9.17) is 4.53 Å². The van der Waals surface area contributed by atoms with Crippen LogP contribution < -0.4 is 0 Å². The molecule has 0 radical (unpaired) electrons. The van der Waals surface area contributed by atoms with Gasteiger partial charge in [0.1, 0.15) is 0 Å². The lowest BCUT2D eigenvalue weighted by Gasteiger charge is -2.05. The fourth-order valence-corrected chi connectivity index (χ4v) is 1.63. The maximum Gasteiger partial charge on any atom is 0.272 e. The summed E-state index contributed by atoms with van der Waals surface area (Å²) in [5.41, 5.74) is 0. The number of hydrogen-bond acceptors (Lipinski definition) is 2. The Kier molecular flexibility index (Phi) is 4.65. The Morgan fingerprint density at radius 3 is 2.12 bits per heavy atom. The van der Waals surface area contributed by atoms with Crippen molar-refractivity contribution < 1.29 is 4.53 Å². The second-order valence-corrected chi connectivity index (χ2v) is 4.76. The molecule has 3 heteroatoms. The maximum absolute atomic E-state index is 4.99. The first-order valence-corrected chi connectivity index (χ1v) is 5.07. The van der Waals surface area contributed by atoms with Crippen LogP contribution in [0.3, 0.4) is 0 Å². The molecular weight excluding hydrogens is 118 g/mol. The van der Waals surface area contributed by atoms with Crippen LogP contribution >= 0.6 is 0 Å². The number of hydrogen-bond donors (Lipinski definition) is 0. The standard InChI is InChI=1S/C5H13NOSi/c1-4-8(5-2)7-6-3/h8H,3-5H2,1-2H3. The molecule has 0 saturated heterocycles. The van der Waals surface area contributed by atoms with Gasteiger partial charge in [-0.15, -0.1) is 5.16 Å². The molecule has 0 aromatic rings. The van der Waals surface area contributed by atoms with E-state index in [1.54, 1.807) is 0 Å². The second-order valence-electron chi connectivity index (χ2n) is 1.67. The highest BCUT2D eigenvalue weighted by atomic mass is 28.3. The Balaban J connectivity index is 3.20. The highest BCUT2D eigenvalue weighted by molar-refractivity contribution is 6.51. The minimum Gasteiger partial charge on any atom is -0.459 e. The van der Waals surface area contributed by atoms with Gasteiger partial charge < -0.3 is 4.53 Å². The summed E-state index contributed by atoms with van der Waals surface area (Å²) in [6, 6.07) is 2.30. The molecule has 0 atom stereocenters. The van der Waals surface area contributed by atoms with Crippen molar-refractivity contribution in [1.29, 1.82) is 0 Å². The first-order valence-electron chi connectivity index (χ1n) is 2.97. The molecule has 0 amide bonds. The van der Waals surface area contributed by atoms with Gasteiger partial charge >= 0.3 is 0 Å². The zero-order chi connectivity index (χ0) is 6.41. The van der Waals surface area contributed by atoms with Gasteiger partial charge in [-0.25, -0.2) is 0 Å².